The fourth-order valence-corrected chi connectivity index (χ4v) is 1.74. The van der Waals surface area contributed by atoms with Crippen LogP contribution in [0.1, 0.15) is 11.7 Å². The molecule has 0 aromatic heterocycles. The lowest BCUT2D eigenvalue weighted by atomic mass is 10.2. The molecule has 0 unspecified atom stereocenters. The first-order valence-electron chi connectivity index (χ1n) is 3.50. The van der Waals surface area contributed by atoms with Crippen LogP contribution in [0.15, 0.2) is 29.2 Å². The third-order valence-electron chi connectivity index (χ3n) is 1.56. The van der Waals surface area contributed by atoms with Crippen molar-refractivity contribution in [2.45, 2.75) is 11.1 Å². The molecule has 5 nitrogen and oxygen atoms in total. The molecule has 1 aromatic carbocycles. The van der Waals surface area contributed by atoms with Crippen LogP contribution in [-0.4, -0.2) is 13.0 Å². The first kappa shape index (κ1) is 10.1. The summed E-state index contributed by atoms with van der Waals surface area (Å²) in [5.41, 5.74) is 10.8. The minimum absolute atomic E-state index is 0.199. The van der Waals surface area contributed by atoms with Gasteiger partial charge in [0.1, 0.15) is 0 Å². The highest BCUT2D eigenvalue weighted by Gasteiger charge is 2.16. The van der Waals surface area contributed by atoms with Crippen LogP contribution in [0, 0.1) is 0 Å². The summed E-state index contributed by atoms with van der Waals surface area (Å²) < 4.78 is 30.4. The van der Waals surface area contributed by atoms with Gasteiger partial charge in [-0.15, -0.1) is 0 Å². The second-order valence-electron chi connectivity index (χ2n) is 2.54. The number of rotatable bonds is 2. The quantitative estimate of drug-likeness (QED) is 0.456. The molecule has 0 spiro atoms. The molecule has 0 bridgehead atoms. The molecule has 6 heteroatoms. The predicted octanol–water partition coefficient (Wildman–Crippen LogP) is -0.151. The van der Waals surface area contributed by atoms with E-state index in [0.717, 1.165) is 0 Å². The third kappa shape index (κ3) is 2.25. The van der Waals surface area contributed by atoms with Gasteiger partial charge in [-0.25, -0.2) is 0 Å². The van der Waals surface area contributed by atoms with Crippen molar-refractivity contribution in [3.8, 4) is 0 Å². The Balaban J connectivity index is 3.37. The minimum Gasteiger partial charge on any atom is -0.312 e. The van der Waals surface area contributed by atoms with Crippen molar-refractivity contribution in [2.75, 3.05) is 0 Å². The Bertz CT molecular complexity index is 400. The van der Waals surface area contributed by atoms with Gasteiger partial charge < -0.3 is 11.5 Å². The Kier molecular flexibility index (Phi) is 2.67. The predicted molar refractivity (Wildman–Crippen MR) is 47.4 cm³/mol. The van der Waals surface area contributed by atoms with E-state index >= 15 is 0 Å². The van der Waals surface area contributed by atoms with E-state index in [9.17, 15) is 8.42 Å². The summed E-state index contributed by atoms with van der Waals surface area (Å²) in [5.74, 6) is 0. The fourth-order valence-electron chi connectivity index (χ4n) is 0.991. The summed E-state index contributed by atoms with van der Waals surface area (Å²) in [7, 11) is -4.24. The number of benzene rings is 1. The van der Waals surface area contributed by atoms with E-state index < -0.39 is 16.3 Å². The van der Waals surface area contributed by atoms with Crippen molar-refractivity contribution in [1.29, 1.82) is 0 Å². The number of hydrogen-bond acceptors (Lipinski definition) is 4. The van der Waals surface area contributed by atoms with Gasteiger partial charge in [-0.3, -0.25) is 4.55 Å². The van der Waals surface area contributed by atoms with E-state index in [2.05, 4.69) is 0 Å². The van der Waals surface area contributed by atoms with Crippen molar-refractivity contribution in [3.63, 3.8) is 0 Å². The van der Waals surface area contributed by atoms with E-state index in [4.69, 9.17) is 16.0 Å². The molecular formula is C7H10N2O3S. The molecule has 0 heterocycles. The van der Waals surface area contributed by atoms with E-state index in [-0.39, 0.29) is 10.5 Å². The molecule has 1 aromatic rings. The Hall–Kier alpha value is -0.950. The molecule has 0 aliphatic carbocycles. The fraction of sp³-hybridized carbons (Fsp3) is 0.143. The molecule has 5 N–H and O–H groups in total. The summed E-state index contributed by atoms with van der Waals surface area (Å²) in [5, 5.41) is 0. The van der Waals surface area contributed by atoms with E-state index in [1.165, 1.54) is 18.2 Å². The zero-order valence-corrected chi connectivity index (χ0v) is 7.53. The summed E-state index contributed by atoms with van der Waals surface area (Å²) in [4.78, 5) is -0.245. The Morgan fingerprint density at radius 1 is 1.23 bits per heavy atom. The van der Waals surface area contributed by atoms with Gasteiger partial charge in [0.15, 0.2) is 0 Å². The smallest absolute Gasteiger partial charge is 0.294 e. The van der Waals surface area contributed by atoms with Gasteiger partial charge in [0.25, 0.3) is 10.1 Å². The second kappa shape index (κ2) is 3.43. The van der Waals surface area contributed by atoms with Crippen molar-refractivity contribution >= 4 is 10.1 Å². The number of hydrogen-bond donors (Lipinski definition) is 3. The van der Waals surface area contributed by atoms with Crippen molar-refractivity contribution in [1.82, 2.24) is 0 Å². The SMILES string of the molecule is NC(N)c1ccccc1S(=O)(=O)O. The lowest BCUT2D eigenvalue weighted by Gasteiger charge is -2.09. The molecule has 0 aliphatic heterocycles. The first-order chi connectivity index (χ1) is 5.93. The molecule has 0 fully saturated rings. The highest BCUT2D eigenvalue weighted by molar-refractivity contribution is 7.85. The van der Waals surface area contributed by atoms with Crippen LogP contribution in [0.3, 0.4) is 0 Å². The maximum atomic E-state index is 10.8. The minimum atomic E-state index is -4.24. The Morgan fingerprint density at radius 3 is 2.15 bits per heavy atom. The molecule has 0 amide bonds. The maximum Gasteiger partial charge on any atom is 0.294 e. The van der Waals surface area contributed by atoms with Gasteiger partial charge in [0.2, 0.25) is 0 Å². The Morgan fingerprint density at radius 2 is 1.77 bits per heavy atom. The van der Waals surface area contributed by atoms with E-state index in [1.807, 2.05) is 0 Å². The largest absolute Gasteiger partial charge is 0.312 e. The average Bonchev–Trinajstić information content (AvgIpc) is 2.03. The summed E-state index contributed by atoms with van der Waals surface area (Å²) in [6, 6.07) is 5.77. The third-order valence-corrected chi connectivity index (χ3v) is 2.48. The van der Waals surface area contributed by atoms with Gasteiger partial charge in [-0.2, -0.15) is 8.42 Å². The van der Waals surface area contributed by atoms with Gasteiger partial charge in [0.05, 0.1) is 11.1 Å². The van der Waals surface area contributed by atoms with Crippen LogP contribution in [0.2, 0.25) is 0 Å². The van der Waals surface area contributed by atoms with Gasteiger partial charge in [-0.05, 0) is 6.07 Å². The highest BCUT2D eigenvalue weighted by atomic mass is 32.2. The second-order valence-corrected chi connectivity index (χ2v) is 3.93. The van der Waals surface area contributed by atoms with Crippen molar-refractivity contribution in [3.05, 3.63) is 29.8 Å². The van der Waals surface area contributed by atoms with Crippen molar-refractivity contribution in [2.24, 2.45) is 11.5 Å². The maximum absolute atomic E-state index is 10.8. The van der Waals surface area contributed by atoms with Crippen LogP contribution in [-0.2, 0) is 10.1 Å². The monoisotopic (exact) mass is 202 g/mol. The topological polar surface area (TPSA) is 106 Å². The Labute approximate surface area is 76.1 Å². The first-order valence-corrected chi connectivity index (χ1v) is 4.94. The van der Waals surface area contributed by atoms with Crippen LogP contribution >= 0.6 is 0 Å². The lowest BCUT2D eigenvalue weighted by Crippen LogP contribution is -2.22. The molecule has 72 valence electrons. The molecule has 0 atom stereocenters. The molecule has 0 radical (unpaired) electrons. The van der Waals surface area contributed by atoms with Crippen LogP contribution in [0.4, 0.5) is 0 Å². The highest BCUT2D eigenvalue weighted by Crippen LogP contribution is 2.17. The molecular weight excluding hydrogens is 192 g/mol. The molecule has 1 rings (SSSR count). The van der Waals surface area contributed by atoms with Crippen molar-refractivity contribution < 1.29 is 13.0 Å². The number of nitrogens with two attached hydrogens (primary N) is 2. The van der Waals surface area contributed by atoms with Crippen LogP contribution in [0.25, 0.3) is 0 Å². The van der Waals surface area contributed by atoms with E-state index in [1.54, 1.807) is 6.07 Å². The normalized spacial score (nSPS) is 12.0. The van der Waals surface area contributed by atoms with E-state index in [0.29, 0.717) is 0 Å². The lowest BCUT2D eigenvalue weighted by molar-refractivity contribution is 0.481. The standard InChI is InChI=1S/C7H10N2O3S/c8-7(9)5-3-1-2-4-6(5)13(10,11)12/h1-4,7H,8-9H2,(H,10,11,12). The molecule has 0 aliphatic rings. The summed E-state index contributed by atoms with van der Waals surface area (Å²) >= 11 is 0. The zero-order chi connectivity index (χ0) is 10.1. The zero-order valence-electron chi connectivity index (χ0n) is 6.71. The van der Waals surface area contributed by atoms with Crippen LogP contribution < -0.4 is 11.5 Å². The molecule has 13 heavy (non-hydrogen) atoms. The summed E-state index contributed by atoms with van der Waals surface area (Å²) in [6.07, 6.45) is -0.918. The van der Waals surface area contributed by atoms with Gasteiger partial charge >= 0.3 is 0 Å². The average molecular weight is 202 g/mol. The van der Waals surface area contributed by atoms with Crippen LogP contribution in [0.5, 0.6) is 0 Å². The summed E-state index contributed by atoms with van der Waals surface area (Å²) in [6.45, 7) is 0. The molecule has 0 saturated carbocycles. The van der Waals surface area contributed by atoms with Gasteiger partial charge in [0, 0.05) is 5.56 Å². The van der Waals surface area contributed by atoms with Gasteiger partial charge in [-0.1, -0.05) is 18.2 Å². The molecule has 0 saturated heterocycles.